The highest BCUT2D eigenvalue weighted by molar-refractivity contribution is 5.06. The van der Waals surface area contributed by atoms with E-state index in [0.717, 1.165) is 24.2 Å². The van der Waals surface area contributed by atoms with Crippen LogP contribution in [0.25, 0.3) is 0 Å². The average molecular weight is 248 g/mol. The van der Waals surface area contributed by atoms with Gasteiger partial charge >= 0.3 is 0 Å². The third-order valence-corrected chi connectivity index (χ3v) is 4.95. The van der Waals surface area contributed by atoms with Crippen LogP contribution < -0.4 is 11.3 Å². The summed E-state index contributed by atoms with van der Waals surface area (Å²) in [4.78, 5) is 0. The first-order chi connectivity index (χ1) is 8.74. The summed E-state index contributed by atoms with van der Waals surface area (Å²) in [5.74, 6) is 8.64. The minimum absolute atomic E-state index is 0.401. The van der Waals surface area contributed by atoms with E-state index in [1.165, 1.54) is 37.7 Å². The van der Waals surface area contributed by atoms with Gasteiger partial charge < -0.3 is 0 Å². The van der Waals surface area contributed by atoms with Crippen molar-refractivity contribution >= 4 is 0 Å². The lowest BCUT2D eigenvalue weighted by atomic mass is 9.83. The van der Waals surface area contributed by atoms with Crippen LogP contribution in [0.2, 0.25) is 0 Å². The van der Waals surface area contributed by atoms with E-state index in [2.05, 4.69) is 16.7 Å². The van der Waals surface area contributed by atoms with Crippen LogP contribution >= 0.6 is 0 Å². The van der Waals surface area contributed by atoms with Crippen LogP contribution in [0.1, 0.15) is 37.7 Å². The number of fused-ring (bicyclic) bond motifs is 2. The molecule has 18 heavy (non-hydrogen) atoms. The van der Waals surface area contributed by atoms with Crippen LogP contribution in [0.15, 0.2) is 12.4 Å². The Balaban J connectivity index is 1.56. The minimum atomic E-state index is 0.401. The second-order valence-electron chi connectivity index (χ2n) is 6.26. The second-order valence-corrected chi connectivity index (χ2v) is 6.26. The van der Waals surface area contributed by atoms with Gasteiger partial charge in [0.1, 0.15) is 0 Å². The van der Waals surface area contributed by atoms with Gasteiger partial charge in [0.25, 0.3) is 0 Å². The molecule has 100 valence electrons. The van der Waals surface area contributed by atoms with Crippen molar-refractivity contribution in [3.8, 4) is 0 Å². The maximum Gasteiger partial charge on any atom is 0.0522 e. The topological polar surface area (TPSA) is 55.9 Å². The molecular weight excluding hydrogens is 224 g/mol. The van der Waals surface area contributed by atoms with Crippen molar-refractivity contribution in [2.24, 2.45) is 30.6 Å². The Morgan fingerprint density at radius 2 is 2.39 bits per heavy atom. The number of nitrogens with two attached hydrogens (primary N) is 1. The van der Waals surface area contributed by atoms with Gasteiger partial charge in [0.2, 0.25) is 0 Å². The largest absolute Gasteiger partial charge is 0.276 e. The third-order valence-electron chi connectivity index (χ3n) is 4.95. The number of hydrogen-bond acceptors (Lipinski definition) is 3. The van der Waals surface area contributed by atoms with Crippen LogP contribution in [0.5, 0.6) is 0 Å². The first-order valence-electron chi connectivity index (χ1n) is 7.18. The van der Waals surface area contributed by atoms with E-state index in [1.807, 2.05) is 17.9 Å². The summed E-state index contributed by atoms with van der Waals surface area (Å²) < 4.78 is 1.86. The third kappa shape index (κ3) is 2.45. The molecule has 0 amide bonds. The molecule has 2 bridgehead atoms. The van der Waals surface area contributed by atoms with E-state index in [1.54, 1.807) is 0 Å². The molecule has 4 heteroatoms. The molecule has 1 aromatic rings. The molecule has 1 aromatic heterocycles. The summed E-state index contributed by atoms with van der Waals surface area (Å²) in [5, 5.41) is 4.22. The van der Waals surface area contributed by atoms with Gasteiger partial charge in [-0.1, -0.05) is 6.42 Å². The van der Waals surface area contributed by atoms with Gasteiger partial charge in [0.05, 0.1) is 6.20 Å². The van der Waals surface area contributed by atoms with E-state index < -0.39 is 0 Å². The molecular formula is C14H24N4. The van der Waals surface area contributed by atoms with Crippen LogP contribution in [0.4, 0.5) is 0 Å². The molecule has 4 unspecified atom stereocenters. The van der Waals surface area contributed by atoms with Crippen molar-refractivity contribution < 1.29 is 0 Å². The monoisotopic (exact) mass is 248 g/mol. The predicted octanol–water partition coefficient (Wildman–Crippen LogP) is 1.62. The molecule has 2 aliphatic carbocycles. The van der Waals surface area contributed by atoms with Crippen molar-refractivity contribution in [1.29, 1.82) is 0 Å². The number of nitrogens with one attached hydrogen (secondary N) is 1. The fourth-order valence-electron chi connectivity index (χ4n) is 4.10. The molecule has 3 rings (SSSR count). The smallest absolute Gasteiger partial charge is 0.0522 e. The van der Waals surface area contributed by atoms with Gasteiger partial charge in [0.15, 0.2) is 0 Å². The lowest BCUT2D eigenvalue weighted by molar-refractivity contribution is 0.277. The van der Waals surface area contributed by atoms with E-state index in [-0.39, 0.29) is 0 Å². The number of hydrazine groups is 1. The van der Waals surface area contributed by atoms with E-state index in [9.17, 15) is 0 Å². The number of rotatable bonds is 5. The Hall–Kier alpha value is -0.870. The molecule has 2 saturated carbocycles. The van der Waals surface area contributed by atoms with Crippen molar-refractivity contribution in [3.05, 3.63) is 18.0 Å². The van der Waals surface area contributed by atoms with E-state index >= 15 is 0 Å². The zero-order chi connectivity index (χ0) is 12.5. The van der Waals surface area contributed by atoms with Gasteiger partial charge in [-0.2, -0.15) is 5.10 Å². The van der Waals surface area contributed by atoms with Gasteiger partial charge in [-0.05, 0) is 55.4 Å². The second kappa shape index (κ2) is 5.02. The van der Waals surface area contributed by atoms with Gasteiger partial charge in [-0.25, -0.2) is 0 Å². The molecule has 2 aliphatic rings. The highest BCUT2D eigenvalue weighted by Crippen LogP contribution is 2.49. The van der Waals surface area contributed by atoms with Crippen LogP contribution in [-0.2, 0) is 13.5 Å². The summed E-state index contributed by atoms with van der Waals surface area (Å²) >= 11 is 0. The number of aryl methyl sites for hydroxylation is 1. The Morgan fingerprint density at radius 1 is 1.50 bits per heavy atom. The molecule has 4 nitrogen and oxygen atoms in total. The molecule has 3 N–H and O–H groups in total. The number of aromatic nitrogens is 2. The highest BCUT2D eigenvalue weighted by Gasteiger charge is 2.39. The van der Waals surface area contributed by atoms with Gasteiger partial charge in [-0.3, -0.25) is 16.0 Å². The lowest BCUT2D eigenvalue weighted by Gasteiger charge is -2.26. The van der Waals surface area contributed by atoms with E-state index in [4.69, 9.17) is 5.84 Å². The lowest BCUT2D eigenvalue weighted by Crippen LogP contribution is -2.39. The SMILES string of the molecule is Cn1cc(CC(CC2CC3CCC2C3)NN)cn1. The van der Waals surface area contributed by atoms with Crippen molar-refractivity contribution in [2.45, 2.75) is 44.6 Å². The zero-order valence-electron chi connectivity index (χ0n) is 11.2. The predicted molar refractivity (Wildman–Crippen MR) is 71.6 cm³/mol. The van der Waals surface area contributed by atoms with Gasteiger partial charge in [-0.15, -0.1) is 0 Å². The maximum absolute atomic E-state index is 5.73. The van der Waals surface area contributed by atoms with Crippen molar-refractivity contribution in [1.82, 2.24) is 15.2 Å². The van der Waals surface area contributed by atoms with Crippen molar-refractivity contribution in [3.63, 3.8) is 0 Å². The normalized spacial score (nSPS) is 32.0. The molecule has 4 atom stereocenters. The first-order valence-corrected chi connectivity index (χ1v) is 7.18. The Bertz CT molecular complexity index is 400. The number of nitrogens with zero attached hydrogens (tertiary/aromatic N) is 2. The Labute approximate surface area is 109 Å². The quantitative estimate of drug-likeness (QED) is 0.615. The summed E-state index contributed by atoms with van der Waals surface area (Å²) in [5.41, 5.74) is 4.29. The summed E-state index contributed by atoms with van der Waals surface area (Å²) in [6.45, 7) is 0. The average Bonchev–Trinajstić information content (AvgIpc) is 3.05. The zero-order valence-corrected chi connectivity index (χ0v) is 11.2. The fraction of sp³-hybridized carbons (Fsp3) is 0.786. The molecule has 0 radical (unpaired) electrons. The molecule has 0 spiro atoms. The van der Waals surface area contributed by atoms with Gasteiger partial charge in [0, 0.05) is 19.3 Å². The molecule has 0 aromatic carbocycles. The summed E-state index contributed by atoms with van der Waals surface area (Å²) in [7, 11) is 1.96. The Morgan fingerprint density at radius 3 is 2.94 bits per heavy atom. The highest BCUT2D eigenvalue weighted by atomic mass is 15.2. The summed E-state index contributed by atoms with van der Waals surface area (Å²) in [6.07, 6.45) is 12.1. The van der Waals surface area contributed by atoms with Crippen LogP contribution in [-0.4, -0.2) is 15.8 Å². The van der Waals surface area contributed by atoms with Crippen molar-refractivity contribution in [2.75, 3.05) is 0 Å². The van der Waals surface area contributed by atoms with E-state index in [0.29, 0.717) is 6.04 Å². The fourth-order valence-corrected chi connectivity index (χ4v) is 4.10. The molecule has 1 heterocycles. The first kappa shape index (κ1) is 12.2. The minimum Gasteiger partial charge on any atom is -0.276 e. The van der Waals surface area contributed by atoms with Crippen LogP contribution in [0, 0.1) is 17.8 Å². The maximum atomic E-state index is 5.73. The van der Waals surface area contributed by atoms with Crippen LogP contribution in [0.3, 0.4) is 0 Å². The standard InChI is InChI=1S/C14H24N4/c1-18-9-11(8-16-18)6-14(17-15)7-13-5-10-2-3-12(13)4-10/h8-10,12-14,17H,2-7,15H2,1H3. The number of hydrogen-bond donors (Lipinski definition) is 2. The Kier molecular flexibility index (Phi) is 3.39. The molecule has 0 aliphatic heterocycles. The molecule has 0 saturated heterocycles. The summed E-state index contributed by atoms with van der Waals surface area (Å²) in [6, 6.07) is 0.401. The molecule has 2 fully saturated rings.